The molecule has 4 atom stereocenters. The zero-order chi connectivity index (χ0) is 26.7. The second-order valence-corrected chi connectivity index (χ2v) is 10.5. The number of ketones is 2. The summed E-state index contributed by atoms with van der Waals surface area (Å²) in [6, 6.07) is 2.19. The van der Waals surface area contributed by atoms with Crippen LogP contribution in [0.1, 0.15) is 29.5 Å². The number of hydrogen-bond donors (Lipinski definition) is 5. The highest BCUT2D eigenvalue weighted by Gasteiger charge is 2.64. The van der Waals surface area contributed by atoms with Gasteiger partial charge in [-0.2, -0.15) is 0 Å². The minimum Gasteiger partial charge on any atom is -0.508 e. The van der Waals surface area contributed by atoms with Crippen LogP contribution in [0.25, 0.3) is 5.76 Å². The monoisotopic (exact) mass is 499 g/mol. The maximum absolute atomic E-state index is 13.8. The van der Waals surface area contributed by atoms with Crippen molar-refractivity contribution in [3.8, 4) is 5.75 Å². The number of aromatic hydroxyl groups is 1. The Hall–Kier alpha value is -3.21. The molecule has 4 rings (SSSR count). The number of rotatable bonds is 6. The van der Waals surface area contributed by atoms with Gasteiger partial charge in [-0.15, -0.1) is 0 Å². The maximum atomic E-state index is 13.8. The lowest BCUT2D eigenvalue weighted by molar-refractivity contribution is -0.153. The molecule has 0 saturated heterocycles. The molecule has 3 aliphatic carbocycles. The van der Waals surface area contributed by atoms with E-state index in [-0.39, 0.29) is 23.3 Å². The van der Waals surface area contributed by atoms with Crippen molar-refractivity contribution in [3.63, 3.8) is 0 Å². The van der Waals surface area contributed by atoms with E-state index in [2.05, 4.69) is 4.90 Å². The maximum Gasteiger partial charge on any atom is 0.255 e. The number of Topliss-reactive ketones (excluding diaryl/α,β-unsaturated/α-hetero) is 2. The minimum absolute atomic E-state index is 0.0819. The first kappa shape index (κ1) is 25.9. The number of aliphatic hydroxyl groups excluding tert-OH is 2. The summed E-state index contributed by atoms with van der Waals surface area (Å²) < 4.78 is 0. The molecular weight excluding hydrogens is 466 g/mol. The quantitative estimate of drug-likeness (QED) is 0.350. The molecule has 0 bridgehead atoms. The van der Waals surface area contributed by atoms with E-state index in [0.29, 0.717) is 12.8 Å². The van der Waals surface area contributed by atoms with E-state index in [1.165, 1.54) is 11.0 Å². The van der Waals surface area contributed by atoms with Gasteiger partial charge in [0.1, 0.15) is 22.8 Å². The van der Waals surface area contributed by atoms with Crippen molar-refractivity contribution in [3.05, 3.63) is 45.7 Å². The van der Waals surface area contributed by atoms with Gasteiger partial charge in [0.05, 0.1) is 11.6 Å². The number of aliphatic hydroxyl groups is 3. The number of primary amides is 1. The van der Waals surface area contributed by atoms with Crippen LogP contribution in [-0.2, 0) is 27.2 Å². The normalized spacial score (nSPS) is 27.9. The summed E-state index contributed by atoms with van der Waals surface area (Å²) in [5, 5.41) is 44.3. The van der Waals surface area contributed by atoms with Crippen LogP contribution >= 0.6 is 0 Å². The van der Waals surface area contributed by atoms with Crippen LogP contribution in [0.3, 0.4) is 0 Å². The Balaban J connectivity index is 1.88. The molecule has 0 spiro atoms. The Bertz CT molecular complexity index is 1220. The molecule has 0 heterocycles. The average Bonchev–Trinajstić information content (AvgIpc) is 2.77. The fourth-order valence-corrected chi connectivity index (χ4v) is 6.13. The molecule has 1 saturated carbocycles. The average molecular weight is 500 g/mol. The van der Waals surface area contributed by atoms with Crippen molar-refractivity contribution in [2.75, 3.05) is 34.7 Å². The summed E-state index contributed by atoms with van der Waals surface area (Å²) >= 11 is 0. The van der Waals surface area contributed by atoms with Crippen LogP contribution in [0.5, 0.6) is 5.75 Å². The van der Waals surface area contributed by atoms with Gasteiger partial charge < -0.3 is 31.1 Å². The summed E-state index contributed by atoms with van der Waals surface area (Å²) in [5.41, 5.74) is 3.55. The van der Waals surface area contributed by atoms with Crippen LogP contribution < -0.4 is 5.73 Å². The van der Waals surface area contributed by atoms with E-state index in [1.54, 1.807) is 14.1 Å². The second kappa shape index (κ2) is 9.02. The van der Waals surface area contributed by atoms with Crippen molar-refractivity contribution < 1.29 is 34.8 Å². The van der Waals surface area contributed by atoms with E-state index in [9.17, 15) is 34.8 Å². The number of phenols is 1. The SMILES string of the molecule is CN(C)CCCc1ccc(O)c2c1CC1CC3C(N(C)C)C(=O)C(C(N)=O)=C(O)C3(O)C(=O)C1=C2O. The van der Waals surface area contributed by atoms with Gasteiger partial charge in [0, 0.05) is 11.5 Å². The smallest absolute Gasteiger partial charge is 0.255 e. The third-order valence-corrected chi connectivity index (χ3v) is 7.75. The number of nitrogens with zero attached hydrogens (tertiary/aromatic N) is 2. The molecule has 0 aliphatic heterocycles. The number of likely N-dealkylation sites (N-methyl/N-ethyl adjacent to an activating group) is 1. The third-order valence-electron chi connectivity index (χ3n) is 7.75. The lowest BCUT2D eigenvalue weighted by atomic mass is 9.57. The van der Waals surface area contributed by atoms with Gasteiger partial charge in [-0.3, -0.25) is 19.3 Å². The van der Waals surface area contributed by atoms with Crippen LogP contribution in [0, 0.1) is 11.8 Å². The molecule has 194 valence electrons. The second-order valence-electron chi connectivity index (χ2n) is 10.5. The topological polar surface area (TPSA) is 165 Å². The molecule has 6 N–H and O–H groups in total. The molecule has 1 amide bonds. The number of benzene rings is 1. The molecule has 4 unspecified atom stereocenters. The molecule has 10 heteroatoms. The lowest BCUT2D eigenvalue weighted by Crippen LogP contribution is -2.65. The number of aryl methyl sites for hydroxylation is 1. The van der Waals surface area contributed by atoms with Crippen LogP contribution in [0.4, 0.5) is 0 Å². The van der Waals surface area contributed by atoms with Gasteiger partial charge in [0.15, 0.2) is 11.4 Å². The number of nitrogens with two attached hydrogens (primary N) is 1. The first-order chi connectivity index (χ1) is 16.8. The number of phenolic OH excluding ortho intramolecular Hbond substituents is 1. The number of fused-ring (bicyclic) bond motifs is 3. The number of amides is 1. The summed E-state index contributed by atoms with van der Waals surface area (Å²) in [5.74, 6) is -6.40. The predicted molar refractivity (Wildman–Crippen MR) is 131 cm³/mol. The Morgan fingerprint density at radius 2 is 1.81 bits per heavy atom. The summed E-state index contributed by atoms with van der Waals surface area (Å²) in [6.45, 7) is 0.847. The van der Waals surface area contributed by atoms with E-state index in [4.69, 9.17) is 5.73 Å². The molecule has 0 aromatic heterocycles. The minimum atomic E-state index is -2.62. The van der Waals surface area contributed by atoms with E-state index < -0.39 is 58.0 Å². The van der Waals surface area contributed by atoms with Crippen LogP contribution in [0.15, 0.2) is 29.0 Å². The van der Waals surface area contributed by atoms with Crippen molar-refractivity contribution in [2.24, 2.45) is 17.6 Å². The molecule has 1 fully saturated rings. The molecular formula is C26H33N3O7. The predicted octanol–water partition coefficient (Wildman–Crippen LogP) is 0.458. The zero-order valence-electron chi connectivity index (χ0n) is 20.9. The Morgan fingerprint density at radius 1 is 1.14 bits per heavy atom. The first-order valence-corrected chi connectivity index (χ1v) is 12.0. The lowest BCUT2D eigenvalue weighted by Gasteiger charge is -2.50. The first-order valence-electron chi connectivity index (χ1n) is 12.0. The van der Waals surface area contributed by atoms with E-state index in [1.807, 2.05) is 20.2 Å². The molecule has 3 aliphatic rings. The zero-order valence-corrected chi connectivity index (χ0v) is 20.9. The third kappa shape index (κ3) is 3.71. The largest absolute Gasteiger partial charge is 0.508 e. The van der Waals surface area contributed by atoms with Crippen molar-refractivity contribution in [1.29, 1.82) is 0 Å². The van der Waals surface area contributed by atoms with Crippen molar-refractivity contribution in [2.45, 2.75) is 37.3 Å². The van der Waals surface area contributed by atoms with E-state index >= 15 is 0 Å². The molecule has 1 aromatic rings. The van der Waals surface area contributed by atoms with Crippen molar-refractivity contribution in [1.82, 2.24) is 9.80 Å². The van der Waals surface area contributed by atoms with E-state index in [0.717, 1.165) is 24.1 Å². The highest BCUT2D eigenvalue weighted by molar-refractivity contribution is 6.24. The van der Waals surface area contributed by atoms with Gasteiger partial charge in [-0.25, -0.2) is 0 Å². The highest BCUT2D eigenvalue weighted by Crippen LogP contribution is 2.52. The molecule has 36 heavy (non-hydrogen) atoms. The van der Waals surface area contributed by atoms with Crippen molar-refractivity contribution >= 4 is 23.2 Å². The Morgan fingerprint density at radius 3 is 2.39 bits per heavy atom. The summed E-state index contributed by atoms with van der Waals surface area (Å²) in [6.07, 6.45) is 1.93. The fourth-order valence-electron chi connectivity index (χ4n) is 6.13. The number of hydrogen-bond acceptors (Lipinski definition) is 9. The van der Waals surface area contributed by atoms with Gasteiger partial charge >= 0.3 is 0 Å². The van der Waals surface area contributed by atoms with Gasteiger partial charge in [0.25, 0.3) is 5.91 Å². The van der Waals surface area contributed by atoms with Gasteiger partial charge in [-0.1, -0.05) is 6.07 Å². The fraction of sp³-hybridized carbons (Fsp3) is 0.500. The van der Waals surface area contributed by atoms with Crippen LogP contribution in [-0.4, -0.2) is 94.1 Å². The summed E-state index contributed by atoms with van der Waals surface area (Å²) in [4.78, 5) is 42.5. The standard InChI is InChI=1S/C26H33N3O7/c1-28(2)9-5-6-12-7-8-16(30)18-14(12)10-13-11-15-20(29(3)4)22(32)19(25(27)35)24(34)26(15,36)23(33)17(13)21(18)31/h7-8,13,15,20,30-31,34,36H,5-6,9-11H2,1-4H3,(H2,27,35). The Labute approximate surface area is 209 Å². The molecule has 10 nitrogen and oxygen atoms in total. The number of carbonyl (C=O) groups excluding carboxylic acids is 3. The van der Waals surface area contributed by atoms with Gasteiger partial charge in [0.2, 0.25) is 5.78 Å². The highest BCUT2D eigenvalue weighted by atomic mass is 16.3. The molecule has 1 aromatic carbocycles. The summed E-state index contributed by atoms with van der Waals surface area (Å²) in [7, 11) is 7.10. The van der Waals surface area contributed by atoms with Gasteiger partial charge in [-0.05, 0) is 83.5 Å². The number of carbonyl (C=O) groups is 3. The van der Waals surface area contributed by atoms with Crippen LogP contribution in [0.2, 0.25) is 0 Å². The Kier molecular flexibility index (Phi) is 6.48. The molecule has 0 radical (unpaired) electrons.